The van der Waals surface area contributed by atoms with Crippen molar-refractivity contribution in [2.24, 2.45) is 4.40 Å². The summed E-state index contributed by atoms with van der Waals surface area (Å²) in [5.41, 5.74) is 0.446. The molecule has 0 heterocycles. The van der Waals surface area contributed by atoms with Crippen molar-refractivity contribution in [3.63, 3.8) is 0 Å². The van der Waals surface area contributed by atoms with Crippen LogP contribution in [0.5, 0.6) is 0 Å². The fourth-order valence-corrected chi connectivity index (χ4v) is 2.46. The van der Waals surface area contributed by atoms with Gasteiger partial charge in [0, 0.05) is 22.7 Å². The van der Waals surface area contributed by atoms with E-state index in [0.717, 1.165) is 5.41 Å². The molecular weight excluding hydrogens is 295 g/mol. The lowest BCUT2D eigenvalue weighted by Crippen LogP contribution is -2.15. The van der Waals surface area contributed by atoms with Crippen LogP contribution in [0, 0.1) is 0 Å². The SMILES string of the molecule is CN/C(C)=N/S(=O)(=O)/C=C/c1c(Cl)cccc1Cl. The highest BCUT2D eigenvalue weighted by Crippen LogP contribution is 2.25. The Balaban J connectivity index is 3.08. The lowest BCUT2D eigenvalue weighted by molar-refractivity contribution is 0.606. The Morgan fingerprint density at radius 3 is 2.39 bits per heavy atom. The van der Waals surface area contributed by atoms with E-state index >= 15 is 0 Å². The number of nitrogens with one attached hydrogen (secondary N) is 1. The van der Waals surface area contributed by atoms with Crippen molar-refractivity contribution in [2.75, 3.05) is 7.05 Å². The third-order valence-corrected chi connectivity index (χ3v) is 3.70. The highest BCUT2D eigenvalue weighted by molar-refractivity contribution is 7.93. The minimum atomic E-state index is -3.70. The van der Waals surface area contributed by atoms with Gasteiger partial charge in [0.25, 0.3) is 10.0 Å². The zero-order valence-corrected chi connectivity index (χ0v) is 12.1. The molecule has 0 fully saturated rings. The maximum Gasteiger partial charge on any atom is 0.277 e. The largest absolute Gasteiger partial charge is 0.376 e. The zero-order valence-electron chi connectivity index (χ0n) is 9.81. The second kappa shape index (κ2) is 6.22. The molecule has 18 heavy (non-hydrogen) atoms. The van der Waals surface area contributed by atoms with Gasteiger partial charge in [0.1, 0.15) is 5.84 Å². The van der Waals surface area contributed by atoms with Gasteiger partial charge in [0.15, 0.2) is 0 Å². The Bertz CT molecular complexity index is 575. The van der Waals surface area contributed by atoms with E-state index in [0.29, 0.717) is 21.4 Å². The Morgan fingerprint density at radius 2 is 1.89 bits per heavy atom. The third kappa shape index (κ3) is 4.33. The van der Waals surface area contributed by atoms with Gasteiger partial charge in [-0.3, -0.25) is 0 Å². The Morgan fingerprint density at radius 1 is 1.33 bits per heavy atom. The maximum absolute atomic E-state index is 11.6. The van der Waals surface area contributed by atoms with Crippen molar-refractivity contribution < 1.29 is 8.42 Å². The van der Waals surface area contributed by atoms with Gasteiger partial charge < -0.3 is 5.32 Å². The number of sulfonamides is 1. The summed E-state index contributed by atoms with van der Waals surface area (Å²) in [6, 6.07) is 4.93. The minimum Gasteiger partial charge on any atom is -0.376 e. The molecule has 0 bridgehead atoms. The number of nitrogens with zero attached hydrogens (tertiary/aromatic N) is 1. The van der Waals surface area contributed by atoms with Gasteiger partial charge in [-0.05, 0) is 25.1 Å². The van der Waals surface area contributed by atoms with E-state index in [1.807, 2.05) is 0 Å². The van der Waals surface area contributed by atoms with Crippen LogP contribution >= 0.6 is 23.2 Å². The molecule has 0 radical (unpaired) electrons. The van der Waals surface area contributed by atoms with Crippen molar-refractivity contribution in [1.82, 2.24) is 5.32 Å². The molecule has 1 rings (SSSR count). The molecule has 1 N–H and O–H groups in total. The first kappa shape index (κ1) is 15.0. The van der Waals surface area contributed by atoms with Crippen molar-refractivity contribution >= 4 is 45.1 Å². The van der Waals surface area contributed by atoms with E-state index in [2.05, 4.69) is 9.71 Å². The summed E-state index contributed by atoms with van der Waals surface area (Å²) in [4.78, 5) is 0. The summed E-state index contributed by atoms with van der Waals surface area (Å²) in [5.74, 6) is 0.296. The van der Waals surface area contributed by atoms with Gasteiger partial charge in [-0.15, -0.1) is 4.40 Å². The summed E-state index contributed by atoms with van der Waals surface area (Å²) >= 11 is 11.8. The normalized spacial score (nSPS) is 13.0. The molecule has 98 valence electrons. The van der Waals surface area contributed by atoms with Gasteiger partial charge in [-0.1, -0.05) is 29.3 Å². The molecule has 1 aromatic rings. The second-order valence-electron chi connectivity index (χ2n) is 3.38. The van der Waals surface area contributed by atoms with Crippen LogP contribution in [-0.4, -0.2) is 21.3 Å². The molecule has 0 atom stereocenters. The first-order valence-corrected chi connectivity index (χ1v) is 7.23. The standard InChI is InChI=1S/C11H12Cl2N2O2S/c1-8(14-2)15-18(16,17)7-6-9-10(12)4-3-5-11(9)13/h3-7H,1-2H3,(H,14,15)/b7-6+. The van der Waals surface area contributed by atoms with Crippen LogP contribution in [0.2, 0.25) is 10.0 Å². The van der Waals surface area contributed by atoms with Crippen LogP contribution in [-0.2, 0) is 10.0 Å². The average Bonchev–Trinajstić information content (AvgIpc) is 2.27. The molecule has 0 saturated heterocycles. The van der Waals surface area contributed by atoms with E-state index < -0.39 is 10.0 Å². The number of rotatable bonds is 3. The van der Waals surface area contributed by atoms with E-state index in [4.69, 9.17) is 23.2 Å². The molecular formula is C11H12Cl2N2O2S. The first-order valence-electron chi connectivity index (χ1n) is 4.97. The summed E-state index contributed by atoms with van der Waals surface area (Å²) in [7, 11) is -2.11. The van der Waals surface area contributed by atoms with Gasteiger partial charge in [0.2, 0.25) is 0 Å². The van der Waals surface area contributed by atoms with Gasteiger partial charge >= 0.3 is 0 Å². The van der Waals surface area contributed by atoms with Crippen LogP contribution in [0.1, 0.15) is 12.5 Å². The molecule has 0 aromatic heterocycles. The number of amidine groups is 1. The monoisotopic (exact) mass is 306 g/mol. The number of benzene rings is 1. The van der Waals surface area contributed by atoms with Crippen LogP contribution in [0.15, 0.2) is 28.0 Å². The van der Waals surface area contributed by atoms with E-state index in [-0.39, 0.29) is 0 Å². The highest BCUT2D eigenvalue weighted by Gasteiger charge is 2.06. The highest BCUT2D eigenvalue weighted by atomic mass is 35.5. The van der Waals surface area contributed by atoms with Gasteiger partial charge in [-0.25, -0.2) is 0 Å². The van der Waals surface area contributed by atoms with E-state index in [1.165, 1.54) is 6.08 Å². The fourth-order valence-electron chi connectivity index (χ4n) is 1.09. The average molecular weight is 307 g/mol. The second-order valence-corrected chi connectivity index (χ2v) is 5.68. The maximum atomic E-state index is 11.6. The summed E-state index contributed by atoms with van der Waals surface area (Å²) in [5, 5.41) is 4.34. The Hall–Kier alpha value is -1.04. The molecule has 4 nitrogen and oxygen atoms in total. The molecule has 0 spiro atoms. The number of hydrogen-bond donors (Lipinski definition) is 1. The third-order valence-electron chi connectivity index (χ3n) is 2.03. The molecule has 0 aliphatic carbocycles. The van der Waals surface area contributed by atoms with Crippen molar-refractivity contribution in [2.45, 2.75) is 6.92 Å². The van der Waals surface area contributed by atoms with Crippen LogP contribution in [0.3, 0.4) is 0 Å². The lowest BCUT2D eigenvalue weighted by Gasteiger charge is -2.00. The van der Waals surface area contributed by atoms with Crippen molar-refractivity contribution in [3.05, 3.63) is 39.2 Å². The lowest BCUT2D eigenvalue weighted by atomic mass is 10.2. The molecule has 7 heteroatoms. The molecule has 0 aliphatic heterocycles. The minimum absolute atomic E-state index is 0.296. The van der Waals surface area contributed by atoms with E-state index in [1.54, 1.807) is 32.2 Å². The van der Waals surface area contributed by atoms with Crippen molar-refractivity contribution in [3.8, 4) is 0 Å². The van der Waals surface area contributed by atoms with Crippen LogP contribution in [0.25, 0.3) is 6.08 Å². The zero-order chi connectivity index (χ0) is 13.8. The number of hydrogen-bond acceptors (Lipinski definition) is 2. The molecule has 1 aromatic carbocycles. The summed E-state index contributed by atoms with van der Waals surface area (Å²) < 4.78 is 26.7. The first-order chi connectivity index (χ1) is 8.35. The molecule has 0 saturated carbocycles. The topological polar surface area (TPSA) is 58.5 Å². The summed E-state index contributed by atoms with van der Waals surface area (Å²) in [6.07, 6.45) is 1.33. The van der Waals surface area contributed by atoms with Gasteiger partial charge in [-0.2, -0.15) is 8.42 Å². The predicted octanol–water partition coefficient (Wildman–Crippen LogP) is 2.93. The van der Waals surface area contributed by atoms with Crippen molar-refractivity contribution in [1.29, 1.82) is 0 Å². The molecule has 0 aliphatic rings. The Labute approximate surface area is 116 Å². The van der Waals surface area contributed by atoms with E-state index in [9.17, 15) is 8.42 Å². The predicted molar refractivity (Wildman–Crippen MR) is 76.6 cm³/mol. The molecule has 0 unspecified atom stereocenters. The fraction of sp³-hybridized carbons (Fsp3) is 0.182. The van der Waals surface area contributed by atoms with Gasteiger partial charge in [0.05, 0.1) is 5.41 Å². The van der Waals surface area contributed by atoms with Crippen LogP contribution in [0.4, 0.5) is 0 Å². The summed E-state index contributed by atoms with van der Waals surface area (Å²) in [6.45, 7) is 1.55. The number of halogens is 2. The Kier molecular flexibility index (Phi) is 5.19. The molecule has 0 amide bonds. The van der Waals surface area contributed by atoms with Crippen LogP contribution < -0.4 is 5.32 Å². The quantitative estimate of drug-likeness (QED) is 0.690. The smallest absolute Gasteiger partial charge is 0.277 e.